The molecule has 0 spiro atoms. The highest BCUT2D eigenvalue weighted by Gasteiger charge is 2.13. The van der Waals surface area contributed by atoms with Crippen LogP contribution in [0, 0.1) is 5.82 Å². The molecule has 0 aliphatic heterocycles. The third-order valence-electron chi connectivity index (χ3n) is 2.68. The van der Waals surface area contributed by atoms with Gasteiger partial charge in [-0.1, -0.05) is 12.1 Å². The summed E-state index contributed by atoms with van der Waals surface area (Å²) in [7, 11) is 0. The molecule has 1 aromatic heterocycles. The van der Waals surface area contributed by atoms with Crippen LogP contribution >= 0.6 is 15.9 Å². The standard InChI is InChI=1S/C13H8BrFN2O/c14-8-5-7(9(15)6-12(8)18)13-16-10-3-1-2-4-11(10)17-13/h1-6,18H,(H,16,17). The summed E-state index contributed by atoms with van der Waals surface area (Å²) in [6.45, 7) is 0. The van der Waals surface area contributed by atoms with Crippen LogP contribution < -0.4 is 0 Å². The van der Waals surface area contributed by atoms with Crippen LogP contribution in [0.15, 0.2) is 40.9 Å². The zero-order valence-corrected chi connectivity index (χ0v) is 10.7. The first kappa shape index (κ1) is 11.2. The molecule has 3 aromatic rings. The Morgan fingerprint density at radius 2 is 2.00 bits per heavy atom. The Labute approximate surface area is 110 Å². The van der Waals surface area contributed by atoms with Gasteiger partial charge >= 0.3 is 0 Å². The van der Waals surface area contributed by atoms with Crippen LogP contribution in [0.5, 0.6) is 5.75 Å². The number of hydrogen-bond acceptors (Lipinski definition) is 2. The molecule has 3 rings (SSSR count). The Kier molecular flexibility index (Phi) is 2.56. The molecule has 0 saturated carbocycles. The van der Waals surface area contributed by atoms with E-state index in [1.54, 1.807) is 0 Å². The molecule has 2 N–H and O–H groups in total. The van der Waals surface area contributed by atoms with E-state index < -0.39 is 5.82 Å². The number of phenols is 1. The Morgan fingerprint density at radius 3 is 2.78 bits per heavy atom. The summed E-state index contributed by atoms with van der Waals surface area (Å²) in [5.41, 5.74) is 1.93. The van der Waals surface area contributed by atoms with E-state index in [0.29, 0.717) is 15.9 Å². The zero-order valence-electron chi connectivity index (χ0n) is 9.11. The normalized spacial score (nSPS) is 11.0. The number of halogens is 2. The van der Waals surface area contributed by atoms with Crippen molar-refractivity contribution in [2.24, 2.45) is 0 Å². The molecule has 0 bridgehead atoms. The monoisotopic (exact) mass is 306 g/mol. The molecule has 0 unspecified atom stereocenters. The molecular weight excluding hydrogens is 299 g/mol. The third kappa shape index (κ3) is 1.76. The maximum absolute atomic E-state index is 13.8. The third-order valence-corrected chi connectivity index (χ3v) is 3.32. The number of aromatic amines is 1. The van der Waals surface area contributed by atoms with Crippen molar-refractivity contribution in [3.05, 3.63) is 46.7 Å². The predicted octanol–water partition coefficient (Wildman–Crippen LogP) is 3.84. The Balaban J connectivity index is 2.22. The number of benzene rings is 2. The first-order valence-corrected chi connectivity index (χ1v) is 6.07. The highest BCUT2D eigenvalue weighted by molar-refractivity contribution is 9.10. The van der Waals surface area contributed by atoms with Crippen molar-refractivity contribution in [2.45, 2.75) is 0 Å². The number of aromatic nitrogens is 2. The van der Waals surface area contributed by atoms with Crippen molar-refractivity contribution in [3.63, 3.8) is 0 Å². The fraction of sp³-hybridized carbons (Fsp3) is 0. The molecular formula is C13H8BrFN2O. The minimum Gasteiger partial charge on any atom is -0.507 e. The Hall–Kier alpha value is -1.88. The van der Waals surface area contributed by atoms with Crippen LogP contribution in [-0.2, 0) is 0 Å². The summed E-state index contributed by atoms with van der Waals surface area (Å²) in [6, 6.07) is 10.0. The number of rotatable bonds is 1. The van der Waals surface area contributed by atoms with Crippen LogP contribution in [0.1, 0.15) is 0 Å². The molecule has 0 atom stereocenters. The number of aromatic hydroxyl groups is 1. The van der Waals surface area contributed by atoms with Crippen molar-refractivity contribution >= 4 is 27.0 Å². The molecule has 3 nitrogen and oxygen atoms in total. The SMILES string of the molecule is Oc1cc(F)c(-c2nc3ccccc3[nH]2)cc1Br. The number of nitrogens with zero attached hydrogens (tertiary/aromatic N) is 1. The van der Waals surface area contributed by atoms with Gasteiger partial charge in [0.25, 0.3) is 0 Å². The molecule has 0 fully saturated rings. The first-order chi connectivity index (χ1) is 8.65. The van der Waals surface area contributed by atoms with Crippen molar-refractivity contribution in [1.29, 1.82) is 0 Å². The molecule has 0 radical (unpaired) electrons. The maximum atomic E-state index is 13.8. The second-order valence-electron chi connectivity index (χ2n) is 3.89. The largest absolute Gasteiger partial charge is 0.507 e. The summed E-state index contributed by atoms with van der Waals surface area (Å²) in [5.74, 6) is -0.212. The van der Waals surface area contributed by atoms with Crippen molar-refractivity contribution in [2.75, 3.05) is 0 Å². The van der Waals surface area contributed by atoms with Gasteiger partial charge in [0.1, 0.15) is 17.4 Å². The van der Waals surface area contributed by atoms with E-state index in [1.807, 2.05) is 24.3 Å². The van der Waals surface area contributed by atoms with Crippen molar-refractivity contribution in [3.8, 4) is 17.1 Å². The lowest BCUT2D eigenvalue weighted by molar-refractivity contribution is 0.466. The summed E-state index contributed by atoms with van der Waals surface area (Å²) >= 11 is 3.16. The van der Waals surface area contributed by atoms with Crippen LogP contribution in [0.2, 0.25) is 0 Å². The smallest absolute Gasteiger partial charge is 0.141 e. The van der Waals surface area contributed by atoms with Crippen molar-refractivity contribution in [1.82, 2.24) is 9.97 Å². The molecule has 1 heterocycles. The molecule has 0 saturated heterocycles. The van der Waals surface area contributed by atoms with E-state index in [9.17, 15) is 9.50 Å². The van der Waals surface area contributed by atoms with Crippen LogP contribution in [0.3, 0.4) is 0 Å². The van der Waals surface area contributed by atoms with E-state index in [-0.39, 0.29) is 5.75 Å². The van der Waals surface area contributed by atoms with Gasteiger partial charge in [0.15, 0.2) is 0 Å². The molecule has 2 aromatic carbocycles. The number of hydrogen-bond donors (Lipinski definition) is 2. The number of imidazole rings is 1. The number of fused-ring (bicyclic) bond motifs is 1. The minimum absolute atomic E-state index is 0.132. The first-order valence-electron chi connectivity index (χ1n) is 5.28. The number of H-pyrrole nitrogens is 1. The molecule has 0 amide bonds. The fourth-order valence-corrected chi connectivity index (χ4v) is 2.14. The molecule has 5 heteroatoms. The molecule has 90 valence electrons. The lowest BCUT2D eigenvalue weighted by atomic mass is 10.2. The summed E-state index contributed by atoms with van der Waals surface area (Å²) in [5, 5.41) is 9.39. The number of para-hydroxylation sites is 2. The van der Waals surface area contributed by atoms with E-state index in [4.69, 9.17) is 0 Å². The Morgan fingerprint density at radius 1 is 1.22 bits per heavy atom. The average Bonchev–Trinajstić information content (AvgIpc) is 2.77. The fourth-order valence-electron chi connectivity index (χ4n) is 1.80. The van der Waals surface area contributed by atoms with Gasteiger partial charge in [-0.15, -0.1) is 0 Å². The lowest BCUT2D eigenvalue weighted by Crippen LogP contribution is -1.87. The van der Waals surface area contributed by atoms with Gasteiger partial charge in [0, 0.05) is 6.07 Å². The maximum Gasteiger partial charge on any atom is 0.141 e. The van der Waals surface area contributed by atoms with Gasteiger partial charge in [0.05, 0.1) is 21.1 Å². The van der Waals surface area contributed by atoms with E-state index >= 15 is 0 Å². The summed E-state index contributed by atoms with van der Waals surface area (Å²) in [4.78, 5) is 7.36. The van der Waals surface area contributed by atoms with Gasteiger partial charge in [-0.2, -0.15) is 0 Å². The van der Waals surface area contributed by atoms with E-state index in [0.717, 1.165) is 17.1 Å². The number of nitrogens with one attached hydrogen (secondary N) is 1. The van der Waals surface area contributed by atoms with Crippen LogP contribution in [0.25, 0.3) is 22.4 Å². The van der Waals surface area contributed by atoms with Crippen molar-refractivity contribution < 1.29 is 9.50 Å². The zero-order chi connectivity index (χ0) is 12.7. The Bertz CT molecular complexity index is 706. The highest BCUT2D eigenvalue weighted by atomic mass is 79.9. The predicted molar refractivity (Wildman–Crippen MR) is 70.9 cm³/mol. The molecule has 0 aliphatic carbocycles. The van der Waals surface area contributed by atoms with Crippen LogP contribution in [0.4, 0.5) is 4.39 Å². The second kappa shape index (κ2) is 4.10. The number of phenolic OH excluding ortho intramolecular Hbond substituents is 1. The minimum atomic E-state index is -0.519. The molecule has 18 heavy (non-hydrogen) atoms. The van der Waals surface area contributed by atoms with Gasteiger partial charge in [-0.25, -0.2) is 9.37 Å². The lowest BCUT2D eigenvalue weighted by Gasteiger charge is -2.02. The van der Waals surface area contributed by atoms with E-state index in [2.05, 4.69) is 25.9 Å². The van der Waals surface area contributed by atoms with Gasteiger partial charge in [-0.05, 0) is 34.1 Å². The second-order valence-corrected chi connectivity index (χ2v) is 4.74. The molecule has 0 aliphatic rings. The summed E-state index contributed by atoms with van der Waals surface area (Å²) < 4.78 is 14.2. The van der Waals surface area contributed by atoms with Gasteiger partial charge in [-0.3, -0.25) is 0 Å². The summed E-state index contributed by atoms with van der Waals surface area (Å²) in [6.07, 6.45) is 0. The topological polar surface area (TPSA) is 48.9 Å². The quantitative estimate of drug-likeness (QED) is 0.717. The van der Waals surface area contributed by atoms with Crippen LogP contribution in [-0.4, -0.2) is 15.1 Å². The van der Waals surface area contributed by atoms with Gasteiger partial charge in [0.2, 0.25) is 0 Å². The van der Waals surface area contributed by atoms with E-state index in [1.165, 1.54) is 6.07 Å². The van der Waals surface area contributed by atoms with Gasteiger partial charge < -0.3 is 10.1 Å². The highest BCUT2D eigenvalue weighted by Crippen LogP contribution is 2.32. The average molecular weight is 307 g/mol.